The third-order valence-corrected chi connectivity index (χ3v) is 13.5. The molecule has 0 radical (unpaired) electrons. The molecule has 0 aliphatic carbocycles. The molecule has 0 aliphatic rings. The van der Waals surface area contributed by atoms with Gasteiger partial charge < -0.3 is 12.6 Å². The molecule has 1 heterocycles. The van der Waals surface area contributed by atoms with E-state index in [1.165, 1.54) is 0 Å². The van der Waals surface area contributed by atoms with Crippen molar-refractivity contribution in [2.24, 2.45) is 0 Å². The monoisotopic (exact) mass is 332 g/mol. The van der Waals surface area contributed by atoms with Crippen LogP contribution in [0, 0.1) is 0 Å². The highest BCUT2D eigenvalue weighted by Gasteiger charge is 2.50. The van der Waals surface area contributed by atoms with Gasteiger partial charge in [-0.2, -0.15) is 0 Å². The molecule has 1 nitrogen and oxygen atoms in total. The Labute approximate surface area is 130 Å². The molecule has 1 aromatic rings. The molecular weight excluding hydrogens is 302 g/mol. The van der Waals surface area contributed by atoms with E-state index >= 15 is 8.22 Å². The Morgan fingerprint density at radius 2 is 0.905 bits per heavy atom. The Bertz CT molecular complexity index is 410. The maximum Gasteiger partial charge on any atom is 0.320 e. The first-order chi connectivity index (χ1) is 9.48. The van der Waals surface area contributed by atoms with Crippen molar-refractivity contribution < 1.29 is 12.6 Å². The van der Waals surface area contributed by atoms with Gasteiger partial charge >= 0.3 is 16.8 Å². The first kappa shape index (κ1) is 18.6. The third kappa shape index (κ3) is 3.04. The van der Waals surface area contributed by atoms with E-state index in [0.29, 0.717) is 10.8 Å². The molecule has 1 aromatic heterocycles. The van der Waals surface area contributed by atoms with Crippen LogP contribution in [0.4, 0.5) is 8.22 Å². The molecule has 0 fully saturated rings. The van der Waals surface area contributed by atoms with Crippen LogP contribution >= 0.6 is 0 Å². The number of furan rings is 1. The molecule has 122 valence electrons. The zero-order chi connectivity index (χ0) is 16.6. The van der Waals surface area contributed by atoms with Gasteiger partial charge in [0.15, 0.2) is 0 Å². The number of hydrogen-bond donors (Lipinski definition) is 0. The fourth-order valence-electron chi connectivity index (χ4n) is 3.22. The standard InChI is InChI=1S/C16H30F2OSi2/c1-11(2)20(17,12(3)4)15-9-10-16(19-15)21(18,13(5)6)14(7)8/h9-14H,1-8H3. The Kier molecular flexibility index (Phi) is 5.64. The molecule has 0 atom stereocenters. The summed E-state index contributed by atoms with van der Waals surface area (Å²) in [6, 6.07) is 3.40. The maximum atomic E-state index is 15.5. The van der Waals surface area contributed by atoms with E-state index in [1.807, 2.05) is 55.4 Å². The van der Waals surface area contributed by atoms with Gasteiger partial charge in [-0.15, -0.1) is 0 Å². The van der Waals surface area contributed by atoms with Crippen molar-refractivity contribution in [1.82, 2.24) is 0 Å². The molecule has 0 N–H and O–H groups in total. The topological polar surface area (TPSA) is 13.1 Å². The minimum Gasteiger partial charge on any atom is -0.469 e. The first-order valence-corrected chi connectivity index (χ1v) is 12.0. The van der Waals surface area contributed by atoms with Crippen molar-refractivity contribution >= 4 is 27.6 Å². The van der Waals surface area contributed by atoms with E-state index < -0.39 is 16.8 Å². The average Bonchev–Trinajstić information content (AvgIpc) is 2.85. The van der Waals surface area contributed by atoms with Gasteiger partial charge in [0.25, 0.3) is 0 Å². The maximum absolute atomic E-state index is 15.5. The van der Waals surface area contributed by atoms with Gasteiger partial charge in [-0.25, -0.2) is 0 Å². The molecule has 0 aliphatic heterocycles. The van der Waals surface area contributed by atoms with E-state index in [2.05, 4.69) is 0 Å². The number of halogens is 2. The van der Waals surface area contributed by atoms with Gasteiger partial charge in [-0.3, -0.25) is 0 Å². The number of hydrogen-bond acceptors (Lipinski definition) is 1. The van der Waals surface area contributed by atoms with Gasteiger partial charge in [0, 0.05) is 0 Å². The van der Waals surface area contributed by atoms with Crippen LogP contribution in [0.15, 0.2) is 16.5 Å². The highest BCUT2D eigenvalue weighted by atomic mass is 28.4. The summed E-state index contributed by atoms with van der Waals surface area (Å²) in [6.07, 6.45) is 0. The lowest BCUT2D eigenvalue weighted by Crippen LogP contribution is -2.51. The zero-order valence-corrected chi connectivity index (χ0v) is 16.6. The lowest BCUT2D eigenvalue weighted by Gasteiger charge is -2.30. The molecule has 0 saturated heterocycles. The normalized spacial score (nSPS) is 14.0. The third-order valence-electron chi connectivity index (χ3n) is 4.72. The van der Waals surface area contributed by atoms with E-state index in [0.717, 1.165) is 0 Å². The highest BCUT2D eigenvalue weighted by Crippen LogP contribution is 2.36. The van der Waals surface area contributed by atoms with Crippen LogP contribution in [0.25, 0.3) is 0 Å². The van der Waals surface area contributed by atoms with Crippen molar-refractivity contribution in [1.29, 1.82) is 0 Å². The summed E-state index contributed by atoms with van der Waals surface area (Å²) in [7, 11) is -6.44. The summed E-state index contributed by atoms with van der Waals surface area (Å²) in [6.45, 7) is 15.2. The average molecular weight is 333 g/mol. The second kappa shape index (κ2) is 6.36. The lowest BCUT2D eigenvalue weighted by molar-refractivity contribution is 0.570. The zero-order valence-electron chi connectivity index (χ0n) is 14.6. The van der Waals surface area contributed by atoms with Crippen LogP contribution in [0.3, 0.4) is 0 Å². The van der Waals surface area contributed by atoms with Gasteiger partial charge in [-0.1, -0.05) is 55.4 Å². The van der Waals surface area contributed by atoms with Gasteiger partial charge in [0.2, 0.25) is 0 Å². The van der Waals surface area contributed by atoms with Gasteiger partial charge in [-0.05, 0) is 34.3 Å². The second-order valence-corrected chi connectivity index (χ2v) is 16.0. The molecule has 0 aromatic carbocycles. The largest absolute Gasteiger partial charge is 0.469 e. The molecule has 0 unspecified atom stereocenters. The van der Waals surface area contributed by atoms with Crippen molar-refractivity contribution in [3.8, 4) is 0 Å². The molecule has 1 rings (SSSR count). The van der Waals surface area contributed by atoms with Crippen LogP contribution < -0.4 is 10.8 Å². The van der Waals surface area contributed by atoms with Gasteiger partial charge in [0.05, 0.1) is 0 Å². The molecule has 21 heavy (non-hydrogen) atoms. The molecule has 0 amide bonds. The SMILES string of the molecule is CC(C)[Si](F)(c1ccc([Si](F)(C(C)C)C(C)C)o1)C(C)C. The Morgan fingerprint density at radius 1 is 0.667 bits per heavy atom. The summed E-state index contributed by atoms with van der Waals surface area (Å²) in [5, 5.41) is 0.830. The smallest absolute Gasteiger partial charge is 0.320 e. The van der Waals surface area contributed by atoms with Gasteiger partial charge in [0.1, 0.15) is 10.8 Å². The lowest BCUT2D eigenvalue weighted by atomic mass is 10.5. The summed E-state index contributed by atoms with van der Waals surface area (Å²) >= 11 is 0. The minimum absolute atomic E-state index is 0.0784. The Hall–Kier alpha value is -0.426. The van der Waals surface area contributed by atoms with Crippen LogP contribution in [0.5, 0.6) is 0 Å². The van der Waals surface area contributed by atoms with E-state index in [-0.39, 0.29) is 22.2 Å². The highest BCUT2D eigenvalue weighted by molar-refractivity contribution is 6.89. The van der Waals surface area contributed by atoms with Crippen molar-refractivity contribution in [3.63, 3.8) is 0 Å². The van der Waals surface area contributed by atoms with Crippen LogP contribution in [0.2, 0.25) is 22.2 Å². The van der Waals surface area contributed by atoms with Crippen molar-refractivity contribution in [3.05, 3.63) is 12.1 Å². The van der Waals surface area contributed by atoms with E-state index in [9.17, 15) is 0 Å². The van der Waals surface area contributed by atoms with Crippen LogP contribution in [0.1, 0.15) is 55.4 Å². The summed E-state index contributed by atoms with van der Waals surface area (Å²) < 4.78 is 36.9. The fourth-order valence-corrected chi connectivity index (χ4v) is 9.48. The van der Waals surface area contributed by atoms with Crippen molar-refractivity contribution in [2.75, 3.05) is 0 Å². The van der Waals surface area contributed by atoms with E-state index in [1.54, 1.807) is 12.1 Å². The fraction of sp³-hybridized carbons (Fsp3) is 0.750. The first-order valence-electron chi connectivity index (χ1n) is 7.97. The predicted molar refractivity (Wildman–Crippen MR) is 92.1 cm³/mol. The Balaban J connectivity index is 3.33. The molecule has 0 spiro atoms. The molecule has 5 heteroatoms. The van der Waals surface area contributed by atoms with E-state index in [4.69, 9.17) is 4.42 Å². The van der Waals surface area contributed by atoms with Crippen LogP contribution in [-0.2, 0) is 0 Å². The summed E-state index contributed by atoms with van der Waals surface area (Å²) in [5.41, 5.74) is -0.314. The van der Waals surface area contributed by atoms with Crippen molar-refractivity contribution in [2.45, 2.75) is 77.6 Å². The molecule has 0 saturated carbocycles. The number of rotatable bonds is 6. The predicted octanol–water partition coefficient (Wildman–Crippen LogP) is 5.16. The second-order valence-electron chi connectivity index (χ2n) is 7.32. The Morgan fingerprint density at radius 3 is 1.10 bits per heavy atom. The quantitative estimate of drug-likeness (QED) is 0.518. The summed E-state index contributed by atoms with van der Waals surface area (Å²) in [5.74, 6) is 0. The molecular formula is C16H30F2OSi2. The van der Waals surface area contributed by atoms with Crippen LogP contribution in [-0.4, -0.2) is 16.8 Å². The molecule has 0 bridgehead atoms. The summed E-state index contributed by atoms with van der Waals surface area (Å²) in [4.78, 5) is 0. The minimum atomic E-state index is -3.22.